The van der Waals surface area contributed by atoms with Crippen molar-refractivity contribution in [1.82, 2.24) is 5.32 Å². The first-order chi connectivity index (χ1) is 40.7. The molecular formula is C78H137NO3. The average Bonchev–Trinajstić information content (AvgIpc) is 3.50. The summed E-state index contributed by atoms with van der Waals surface area (Å²) in [7, 11) is 0. The maximum Gasteiger partial charge on any atom is 0.220 e. The molecule has 0 spiro atoms. The van der Waals surface area contributed by atoms with Crippen LogP contribution in [0.15, 0.2) is 122 Å². The molecule has 0 aliphatic heterocycles. The van der Waals surface area contributed by atoms with E-state index in [0.29, 0.717) is 6.42 Å². The van der Waals surface area contributed by atoms with E-state index in [1.165, 1.54) is 244 Å². The largest absolute Gasteiger partial charge is 0.394 e. The Morgan fingerprint density at radius 2 is 0.537 bits per heavy atom. The van der Waals surface area contributed by atoms with Crippen LogP contribution in [0, 0.1) is 0 Å². The Hall–Kier alpha value is -3.21. The molecule has 0 rings (SSSR count). The lowest BCUT2D eigenvalue weighted by atomic mass is 10.0. The highest BCUT2D eigenvalue weighted by molar-refractivity contribution is 5.76. The molecule has 1 amide bonds. The lowest BCUT2D eigenvalue weighted by Gasteiger charge is -2.20. The molecule has 0 aliphatic rings. The molecule has 2 unspecified atom stereocenters. The molecule has 4 heteroatoms. The fraction of sp³-hybridized carbons (Fsp3) is 0.731. The summed E-state index contributed by atoms with van der Waals surface area (Å²) in [4.78, 5) is 12.6. The van der Waals surface area contributed by atoms with Gasteiger partial charge in [0.25, 0.3) is 0 Å². The number of aliphatic hydroxyl groups excluding tert-OH is 2. The van der Waals surface area contributed by atoms with Crippen LogP contribution in [0.3, 0.4) is 0 Å². The van der Waals surface area contributed by atoms with Gasteiger partial charge in [0.1, 0.15) is 0 Å². The fourth-order valence-electron chi connectivity index (χ4n) is 10.6. The van der Waals surface area contributed by atoms with E-state index in [9.17, 15) is 15.0 Å². The average molecular weight is 1140 g/mol. The number of carbonyl (C=O) groups is 1. The highest BCUT2D eigenvalue weighted by Crippen LogP contribution is 2.18. The summed E-state index contributed by atoms with van der Waals surface area (Å²) in [5, 5.41) is 23.3. The minimum Gasteiger partial charge on any atom is -0.394 e. The van der Waals surface area contributed by atoms with Crippen LogP contribution in [-0.4, -0.2) is 34.9 Å². The third-order valence-electron chi connectivity index (χ3n) is 16.0. The Morgan fingerprint density at radius 1 is 0.305 bits per heavy atom. The first kappa shape index (κ1) is 78.8. The molecule has 0 aromatic rings. The summed E-state index contributed by atoms with van der Waals surface area (Å²) in [6, 6.07) is -0.631. The van der Waals surface area contributed by atoms with Crippen LogP contribution >= 0.6 is 0 Å². The number of allylic oxidation sites excluding steroid dienone is 19. The van der Waals surface area contributed by atoms with Crippen molar-refractivity contribution in [2.45, 2.75) is 360 Å². The van der Waals surface area contributed by atoms with E-state index >= 15 is 0 Å². The fourth-order valence-corrected chi connectivity index (χ4v) is 10.6. The molecule has 0 aliphatic carbocycles. The molecule has 472 valence electrons. The standard InChI is InChI=1S/C78H137NO3/c1-3-5-7-9-11-13-15-17-19-21-23-25-27-29-31-33-34-35-36-37-38-39-40-41-42-43-44-46-48-50-52-54-56-58-60-62-64-66-68-70-72-74-78(82)79-76(75-80)77(81)73-71-69-67-65-63-61-59-57-55-53-51-49-47-45-32-30-28-26-24-22-20-18-16-14-12-10-8-6-4-2/h5,7,11,13,17,19,23,25,29,31,34-35,37-38,40-41,43-44,71,73,76-77,80-81H,3-4,6,8-10,12,14-16,18,20-22,24,26-28,30,32-33,36,39,42,45-70,72,74-75H2,1-2H3,(H,79,82)/b7-5-,13-11-,19-17-,25-23-,31-29-,35-34-,38-37-,41-40-,44-43-,73-71+. The van der Waals surface area contributed by atoms with E-state index in [2.05, 4.69) is 129 Å². The Kier molecular flexibility index (Phi) is 69.2. The molecule has 0 radical (unpaired) electrons. The minimum absolute atomic E-state index is 0.0650. The van der Waals surface area contributed by atoms with Crippen molar-refractivity contribution in [3.05, 3.63) is 122 Å². The molecule has 0 bridgehead atoms. The van der Waals surface area contributed by atoms with Gasteiger partial charge >= 0.3 is 0 Å². The molecule has 0 fully saturated rings. The quantitative estimate of drug-likeness (QED) is 0.0420. The normalized spacial score (nSPS) is 13.5. The van der Waals surface area contributed by atoms with Crippen molar-refractivity contribution in [2.75, 3.05) is 6.61 Å². The van der Waals surface area contributed by atoms with Gasteiger partial charge in [0.2, 0.25) is 5.91 Å². The topological polar surface area (TPSA) is 69.6 Å². The third-order valence-corrected chi connectivity index (χ3v) is 16.0. The number of hydrogen-bond donors (Lipinski definition) is 3. The van der Waals surface area contributed by atoms with E-state index in [1.807, 2.05) is 6.08 Å². The van der Waals surface area contributed by atoms with Crippen LogP contribution in [-0.2, 0) is 4.79 Å². The predicted molar refractivity (Wildman–Crippen MR) is 368 cm³/mol. The van der Waals surface area contributed by atoms with E-state index in [-0.39, 0.29) is 12.5 Å². The second-order valence-corrected chi connectivity index (χ2v) is 23.9. The van der Waals surface area contributed by atoms with Gasteiger partial charge in [-0.05, 0) is 89.9 Å². The smallest absolute Gasteiger partial charge is 0.220 e. The highest BCUT2D eigenvalue weighted by Gasteiger charge is 2.18. The Balaban J connectivity index is 3.52. The van der Waals surface area contributed by atoms with Gasteiger partial charge in [-0.3, -0.25) is 4.79 Å². The van der Waals surface area contributed by atoms with Gasteiger partial charge < -0.3 is 15.5 Å². The van der Waals surface area contributed by atoms with Gasteiger partial charge in [0, 0.05) is 6.42 Å². The van der Waals surface area contributed by atoms with Gasteiger partial charge in [-0.2, -0.15) is 0 Å². The highest BCUT2D eigenvalue weighted by atomic mass is 16.3. The van der Waals surface area contributed by atoms with Crippen molar-refractivity contribution >= 4 is 5.91 Å². The molecule has 0 saturated carbocycles. The molecule has 3 N–H and O–H groups in total. The second kappa shape index (κ2) is 72.1. The zero-order chi connectivity index (χ0) is 59.1. The third kappa shape index (κ3) is 67.6. The van der Waals surface area contributed by atoms with E-state index in [1.54, 1.807) is 6.08 Å². The van der Waals surface area contributed by atoms with E-state index in [0.717, 1.165) is 83.5 Å². The molecule has 82 heavy (non-hydrogen) atoms. The number of rotatable bonds is 65. The van der Waals surface area contributed by atoms with Gasteiger partial charge in [0.05, 0.1) is 18.8 Å². The van der Waals surface area contributed by atoms with Crippen molar-refractivity contribution in [2.24, 2.45) is 0 Å². The summed E-state index contributed by atoms with van der Waals surface area (Å²) in [5.74, 6) is -0.0650. The number of carbonyl (C=O) groups excluding carboxylic acids is 1. The van der Waals surface area contributed by atoms with Crippen LogP contribution in [0.4, 0.5) is 0 Å². The van der Waals surface area contributed by atoms with E-state index < -0.39 is 12.1 Å². The predicted octanol–water partition coefficient (Wildman–Crippen LogP) is 24.7. The Labute approximate surface area is 511 Å². The van der Waals surface area contributed by atoms with Crippen molar-refractivity contribution in [1.29, 1.82) is 0 Å². The number of nitrogens with one attached hydrogen (secondary N) is 1. The monoisotopic (exact) mass is 1140 g/mol. The van der Waals surface area contributed by atoms with Gasteiger partial charge in [0.15, 0.2) is 0 Å². The zero-order valence-corrected chi connectivity index (χ0v) is 54.5. The van der Waals surface area contributed by atoms with Gasteiger partial charge in [-0.1, -0.05) is 373 Å². The Morgan fingerprint density at radius 3 is 0.805 bits per heavy atom. The first-order valence-corrected chi connectivity index (χ1v) is 35.7. The maximum absolute atomic E-state index is 12.6. The first-order valence-electron chi connectivity index (χ1n) is 35.7. The number of hydrogen-bond acceptors (Lipinski definition) is 3. The van der Waals surface area contributed by atoms with Crippen molar-refractivity contribution in [3.63, 3.8) is 0 Å². The van der Waals surface area contributed by atoms with Crippen molar-refractivity contribution in [3.8, 4) is 0 Å². The summed E-state index contributed by atoms with van der Waals surface area (Å²) in [5.41, 5.74) is 0. The number of aliphatic hydroxyl groups is 2. The number of amides is 1. The van der Waals surface area contributed by atoms with Crippen molar-refractivity contribution < 1.29 is 15.0 Å². The molecule has 0 saturated heterocycles. The summed E-state index contributed by atoms with van der Waals surface area (Å²) >= 11 is 0. The van der Waals surface area contributed by atoms with E-state index in [4.69, 9.17) is 0 Å². The zero-order valence-electron chi connectivity index (χ0n) is 54.5. The SMILES string of the molecule is CC/C=C\C/C=C\C/C=C\C/C=C\C/C=C\C/C=C\C/C=C\C/C=C\C/C=C\CCCCCCCCCCCCCCCC(=O)NC(CO)C(O)/C=C/CCCCCCCCCCCCCCCCCCCCCCCCCCCCC. The maximum atomic E-state index is 12.6. The van der Waals surface area contributed by atoms with Gasteiger partial charge in [-0.25, -0.2) is 0 Å². The van der Waals surface area contributed by atoms with Crippen LogP contribution < -0.4 is 5.32 Å². The second-order valence-electron chi connectivity index (χ2n) is 23.9. The molecular weight excluding hydrogens is 999 g/mol. The summed E-state index contributed by atoms with van der Waals surface area (Å²) < 4.78 is 0. The summed E-state index contributed by atoms with van der Waals surface area (Å²) in [6.07, 6.45) is 110. The lowest BCUT2D eigenvalue weighted by Crippen LogP contribution is -2.45. The van der Waals surface area contributed by atoms with Crippen LogP contribution in [0.5, 0.6) is 0 Å². The molecule has 0 heterocycles. The van der Waals surface area contributed by atoms with Crippen LogP contribution in [0.25, 0.3) is 0 Å². The van der Waals surface area contributed by atoms with Crippen LogP contribution in [0.1, 0.15) is 348 Å². The lowest BCUT2D eigenvalue weighted by molar-refractivity contribution is -0.123. The molecule has 2 atom stereocenters. The Bertz CT molecular complexity index is 1570. The molecule has 4 nitrogen and oxygen atoms in total. The summed E-state index contributed by atoms with van der Waals surface area (Å²) in [6.45, 7) is 4.22. The molecule has 0 aromatic carbocycles. The number of unbranched alkanes of at least 4 members (excludes halogenated alkanes) is 40. The van der Waals surface area contributed by atoms with Crippen LogP contribution in [0.2, 0.25) is 0 Å². The minimum atomic E-state index is -0.848. The molecule has 0 aromatic heterocycles. The van der Waals surface area contributed by atoms with Gasteiger partial charge in [-0.15, -0.1) is 0 Å².